The second-order valence-corrected chi connectivity index (χ2v) is 19.0. The molecule has 0 spiro atoms. The van der Waals surface area contributed by atoms with Crippen LogP contribution < -0.4 is 0 Å². The van der Waals surface area contributed by atoms with Gasteiger partial charge < -0.3 is 58.5 Å². The van der Waals surface area contributed by atoms with Crippen molar-refractivity contribution >= 4 is 12.0 Å². The number of carbonyl (C=O) groups is 1. The van der Waals surface area contributed by atoms with Gasteiger partial charge in [-0.05, 0) is 100 Å². The molecule has 0 amide bonds. The molecule has 58 heavy (non-hydrogen) atoms. The van der Waals surface area contributed by atoms with E-state index in [0.717, 1.165) is 6.42 Å². The van der Waals surface area contributed by atoms with E-state index in [9.17, 15) is 25.2 Å². The van der Waals surface area contributed by atoms with Crippen LogP contribution in [0.5, 0.6) is 0 Å². The lowest BCUT2D eigenvalue weighted by Crippen LogP contribution is -2.60. The summed E-state index contributed by atoms with van der Waals surface area (Å²) in [4.78, 5) is 23.3. The Morgan fingerprint density at radius 3 is 2.19 bits per heavy atom. The minimum Gasteiger partial charge on any atom is -0.459 e. The fourth-order valence-electron chi connectivity index (χ4n) is 9.86. The van der Waals surface area contributed by atoms with Crippen molar-refractivity contribution in [1.82, 2.24) is 9.80 Å². The maximum absolute atomic E-state index is 14.4. The van der Waals surface area contributed by atoms with Crippen LogP contribution in [-0.2, 0) is 38.0 Å². The number of amidine groups is 1. The second kappa shape index (κ2) is 19.6. The van der Waals surface area contributed by atoms with Gasteiger partial charge in [0.05, 0.1) is 47.6 Å². The summed E-state index contributed by atoms with van der Waals surface area (Å²) in [6.45, 7) is 25.3. The van der Waals surface area contributed by atoms with Crippen molar-refractivity contribution < 1.29 is 58.4 Å². The van der Waals surface area contributed by atoms with Gasteiger partial charge in [-0.2, -0.15) is 0 Å². The van der Waals surface area contributed by atoms with E-state index >= 15 is 0 Å². The van der Waals surface area contributed by atoms with E-state index in [0.29, 0.717) is 25.5 Å². The molecule has 4 aliphatic rings. The SMILES string of the molecule is CCCN1C[C@H](C)C[C@@](C)(O)[C@H](O[C@@H]2O[C@H](C)C[C@H]3[C@H]2OC(=NC(C)C)N3C)[C@@H](C)[C@H](O[C@H]2C[C@@](C)(OC)[C@@H](O)[C@H](C)O2)[C@@H](C)C(=O)O[C@H](CC)[C@@](C)(O)[C@H](O)[C@H]1C. The number of esters is 1. The van der Waals surface area contributed by atoms with Crippen LogP contribution in [0.2, 0.25) is 0 Å². The highest BCUT2D eigenvalue weighted by Gasteiger charge is 2.55. The Morgan fingerprint density at radius 1 is 0.948 bits per heavy atom. The molecule has 0 bridgehead atoms. The van der Waals surface area contributed by atoms with E-state index in [1.807, 2.05) is 46.6 Å². The molecule has 338 valence electrons. The zero-order valence-corrected chi connectivity index (χ0v) is 38.1. The van der Waals surface area contributed by atoms with Crippen molar-refractivity contribution in [2.75, 3.05) is 27.2 Å². The number of cyclic esters (lactones) is 1. The Hall–Kier alpha value is -1.66. The molecule has 18 atom stereocenters. The van der Waals surface area contributed by atoms with Gasteiger partial charge in [-0.3, -0.25) is 9.69 Å². The molecular formula is C43H79N3O12. The van der Waals surface area contributed by atoms with Gasteiger partial charge in [-0.1, -0.05) is 27.7 Å². The van der Waals surface area contributed by atoms with E-state index in [1.54, 1.807) is 34.6 Å². The molecule has 0 radical (unpaired) electrons. The largest absolute Gasteiger partial charge is 0.459 e. The summed E-state index contributed by atoms with van der Waals surface area (Å²) in [5, 5.41) is 47.6. The first-order valence-corrected chi connectivity index (χ1v) is 21.8. The van der Waals surface area contributed by atoms with Crippen LogP contribution in [0.15, 0.2) is 4.99 Å². The maximum atomic E-state index is 14.4. The summed E-state index contributed by atoms with van der Waals surface area (Å²) in [5.41, 5.74) is -4.34. The summed E-state index contributed by atoms with van der Waals surface area (Å²) in [6.07, 6.45) is -6.39. The summed E-state index contributed by atoms with van der Waals surface area (Å²) < 4.78 is 45.1. The van der Waals surface area contributed by atoms with Crippen LogP contribution in [0.1, 0.15) is 122 Å². The van der Waals surface area contributed by atoms with E-state index in [1.165, 1.54) is 14.0 Å². The third-order valence-electron chi connectivity index (χ3n) is 13.3. The number of ether oxygens (including phenoxy) is 7. The van der Waals surface area contributed by atoms with Crippen LogP contribution in [0, 0.1) is 17.8 Å². The molecule has 4 aliphatic heterocycles. The number of nitrogens with zero attached hydrogens (tertiary/aromatic N) is 3. The lowest BCUT2D eigenvalue weighted by molar-refractivity contribution is -0.313. The van der Waals surface area contributed by atoms with Crippen molar-refractivity contribution in [2.45, 2.75) is 218 Å². The molecule has 0 aromatic rings. The maximum Gasteiger partial charge on any atom is 0.311 e. The van der Waals surface area contributed by atoms with Crippen molar-refractivity contribution in [3.05, 3.63) is 0 Å². The first-order chi connectivity index (χ1) is 26.9. The highest BCUT2D eigenvalue weighted by Crippen LogP contribution is 2.41. The van der Waals surface area contributed by atoms with Gasteiger partial charge in [0.25, 0.3) is 6.02 Å². The normalized spacial score (nSPS) is 47.3. The molecule has 4 rings (SSSR count). The van der Waals surface area contributed by atoms with E-state index in [2.05, 4.69) is 18.7 Å². The molecule has 4 heterocycles. The molecule has 15 nitrogen and oxygen atoms in total. The molecule has 0 saturated carbocycles. The van der Waals surface area contributed by atoms with Crippen LogP contribution in [0.25, 0.3) is 0 Å². The Labute approximate surface area is 348 Å². The number of carbonyl (C=O) groups excluding carboxylic acids is 1. The molecule has 0 aromatic heterocycles. The van der Waals surface area contributed by atoms with E-state index in [-0.39, 0.29) is 43.4 Å². The summed E-state index contributed by atoms with van der Waals surface area (Å²) in [5.74, 6) is -2.49. The molecule has 15 heteroatoms. The van der Waals surface area contributed by atoms with Crippen LogP contribution >= 0.6 is 0 Å². The summed E-state index contributed by atoms with van der Waals surface area (Å²) in [6, 6.07) is -0.107. The average Bonchev–Trinajstić information content (AvgIpc) is 3.44. The smallest absolute Gasteiger partial charge is 0.311 e. The number of aliphatic hydroxyl groups excluding tert-OH is 2. The summed E-state index contributed by atoms with van der Waals surface area (Å²) >= 11 is 0. The molecule has 4 fully saturated rings. The fourth-order valence-corrected chi connectivity index (χ4v) is 9.86. The Morgan fingerprint density at radius 2 is 1.60 bits per heavy atom. The van der Waals surface area contributed by atoms with Crippen molar-refractivity contribution in [3.8, 4) is 0 Å². The Balaban J connectivity index is 1.85. The monoisotopic (exact) mass is 830 g/mol. The molecular weight excluding hydrogens is 750 g/mol. The van der Waals surface area contributed by atoms with Gasteiger partial charge in [0.2, 0.25) is 0 Å². The number of fused-ring (bicyclic) bond motifs is 1. The van der Waals surface area contributed by atoms with Gasteiger partial charge in [-0.15, -0.1) is 0 Å². The molecule has 0 unspecified atom stereocenters. The van der Waals surface area contributed by atoms with Gasteiger partial charge in [0.1, 0.15) is 23.9 Å². The van der Waals surface area contributed by atoms with Crippen LogP contribution in [-0.4, -0.2) is 166 Å². The zero-order valence-electron chi connectivity index (χ0n) is 38.1. The van der Waals surface area contributed by atoms with Gasteiger partial charge in [-0.25, -0.2) is 4.99 Å². The third-order valence-corrected chi connectivity index (χ3v) is 13.3. The first kappa shape index (κ1) is 49.0. The number of rotatable bonds is 9. The average molecular weight is 830 g/mol. The quantitative estimate of drug-likeness (QED) is 0.246. The molecule has 4 saturated heterocycles. The van der Waals surface area contributed by atoms with E-state index < -0.39 is 96.0 Å². The lowest BCUT2D eigenvalue weighted by Gasteiger charge is -2.48. The first-order valence-electron chi connectivity index (χ1n) is 21.8. The molecule has 0 aliphatic carbocycles. The fraction of sp³-hybridized carbons (Fsp3) is 0.953. The van der Waals surface area contributed by atoms with E-state index in [4.69, 9.17) is 38.2 Å². The third kappa shape index (κ3) is 10.7. The van der Waals surface area contributed by atoms with Gasteiger partial charge >= 0.3 is 5.97 Å². The number of hydrogen-bond acceptors (Lipinski definition) is 14. The zero-order chi connectivity index (χ0) is 43.7. The van der Waals surface area contributed by atoms with Crippen molar-refractivity contribution in [3.63, 3.8) is 0 Å². The second-order valence-electron chi connectivity index (χ2n) is 19.0. The van der Waals surface area contributed by atoms with Gasteiger partial charge in [0, 0.05) is 45.1 Å². The Bertz CT molecular complexity index is 1370. The topological polar surface area (TPSA) is 181 Å². The van der Waals surface area contributed by atoms with Crippen LogP contribution in [0.4, 0.5) is 0 Å². The summed E-state index contributed by atoms with van der Waals surface area (Å²) in [7, 11) is 3.48. The van der Waals surface area contributed by atoms with Crippen molar-refractivity contribution in [2.24, 2.45) is 22.7 Å². The molecule has 4 N–H and O–H groups in total. The predicted molar refractivity (Wildman–Crippen MR) is 219 cm³/mol. The number of likely N-dealkylation sites (N-methyl/N-ethyl adjacent to an activating group) is 1. The lowest BCUT2D eigenvalue weighted by atomic mass is 9.77. The highest BCUT2D eigenvalue weighted by molar-refractivity contribution is 5.76. The number of hydrogen-bond donors (Lipinski definition) is 4. The molecule has 0 aromatic carbocycles. The van der Waals surface area contributed by atoms with Gasteiger partial charge in [0.15, 0.2) is 18.7 Å². The number of methoxy groups -OCH3 is 1. The minimum atomic E-state index is -1.80. The Kier molecular flexibility index (Phi) is 16.5. The predicted octanol–water partition coefficient (Wildman–Crippen LogP) is 3.85. The number of aliphatic hydroxyl groups is 4. The number of aliphatic imine (C=N–C) groups is 1. The minimum absolute atomic E-state index is 0.00147. The van der Waals surface area contributed by atoms with Crippen molar-refractivity contribution in [1.29, 1.82) is 0 Å². The van der Waals surface area contributed by atoms with Crippen LogP contribution in [0.3, 0.4) is 0 Å². The highest BCUT2D eigenvalue weighted by atomic mass is 16.7. The standard InChI is InChI=1S/C43H79N3O12/c1-16-18-46-22-24(5)20-41(11,50)37(58-39-34-30(19-25(6)53-39)45(14)40(57-34)44-23(3)4)26(7)33(56-32-21-42(12,52-15)36(48)29(10)54-32)27(8)38(49)55-31(17-2)43(13,51)35(47)28(46)9/h23-37,39,47-48,50-51H,16-22H2,1-15H3/t24-,25-,26+,27-,28-,29+,30+,31-,32+,33+,34-,35-,36+,37-,39+,41-,42-,43-/m1/s1.